The first-order valence-corrected chi connectivity index (χ1v) is 6.96. The van der Waals surface area contributed by atoms with Crippen LogP contribution in [0, 0.1) is 10.1 Å². The van der Waals surface area contributed by atoms with Gasteiger partial charge in [-0.25, -0.2) is 0 Å². The second-order valence-corrected chi connectivity index (χ2v) is 4.90. The summed E-state index contributed by atoms with van der Waals surface area (Å²) in [6.45, 7) is 4.76. The number of para-hydroxylation sites is 1. The molecule has 0 aliphatic heterocycles. The van der Waals surface area contributed by atoms with E-state index in [1.165, 1.54) is 20.0 Å². The van der Waals surface area contributed by atoms with Gasteiger partial charge in [-0.15, -0.1) is 0 Å². The van der Waals surface area contributed by atoms with Crippen LogP contribution in [0.15, 0.2) is 18.2 Å². The van der Waals surface area contributed by atoms with Crippen LogP contribution in [0.3, 0.4) is 0 Å². The van der Waals surface area contributed by atoms with Gasteiger partial charge in [-0.2, -0.15) is 0 Å². The van der Waals surface area contributed by atoms with Crippen LogP contribution in [-0.4, -0.2) is 42.6 Å². The average molecular weight is 279 g/mol. The fourth-order valence-electron chi connectivity index (χ4n) is 2.39. The summed E-state index contributed by atoms with van der Waals surface area (Å²) in [5, 5.41) is 14.3. The van der Waals surface area contributed by atoms with E-state index < -0.39 is 4.92 Å². The first-order valence-electron chi connectivity index (χ1n) is 6.96. The number of hydrogen-bond acceptors (Lipinski definition) is 5. The first-order chi connectivity index (χ1) is 9.67. The largest absolute Gasteiger partial charge is 0.490 e. The highest BCUT2D eigenvalue weighted by atomic mass is 16.6. The normalized spacial score (nSPS) is 14.3. The van der Waals surface area contributed by atoms with Gasteiger partial charge in [-0.05, 0) is 31.5 Å². The van der Waals surface area contributed by atoms with E-state index in [0.717, 1.165) is 13.1 Å². The lowest BCUT2D eigenvalue weighted by molar-refractivity contribution is -0.384. The number of likely N-dealkylation sites (N-methyl/N-ethyl adjacent to an activating group) is 1. The molecule has 0 unspecified atom stereocenters. The van der Waals surface area contributed by atoms with Gasteiger partial charge in [0.05, 0.1) is 12.0 Å². The minimum absolute atomic E-state index is 0.00414. The smallest absolute Gasteiger partial charge is 0.333 e. The molecule has 20 heavy (non-hydrogen) atoms. The molecule has 6 nitrogen and oxygen atoms in total. The van der Waals surface area contributed by atoms with E-state index in [1.54, 1.807) is 18.2 Å². The van der Waals surface area contributed by atoms with Crippen LogP contribution >= 0.6 is 0 Å². The summed E-state index contributed by atoms with van der Waals surface area (Å²) in [7, 11) is 1.44. The summed E-state index contributed by atoms with van der Waals surface area (Å²) < 4.78 is 5.05. The van der Waals surface area contributed by atoms with Crippen molar-refractivity contribution in [3.05, 3.63) is 28.3 Å². The Morgan fingerprint density at radius 1 is 1.50 bits per heavy atom. The molecule has 2 rings (SSSR count). The Morgan fingerprint density at radius 3 is 2.80 bits per heavy atom. The fraction of sp³-hybridized carbons (Fsp3) is 0.571. The number of nitro groups is 1. The Hall–Kier alpha value is -1.82. The van der Waals surface area contributed by atoms with Crippen molar-refractivity contribution in [1.82, 2.24) is 4.90 Å². The molecule has 6 heteroatoms. The van der Waals surface area contributed by atoms with Gasteiger partial charge in [-0.3, -0.25) is 15.0 Å². The third-order valence-electron chi connectivity index (χ3n) is 3.59. The molecule has 0 aromatic heterocycles. The second kappa shape index (κ2) is 6.56. The monoisotopic (exact) mass is 279 g/mol. The average Bonchev–Trinajstić information content (AvgIpc) is 3.27. The van der Waals surface area contributed by atoms with E-state index in [9.17, 15) is 10.1 Å². The molecular weight excluding hydrogens is 258 g/mol. The minimum atomic E-state index is -0.403. The van der Waals surface area contributed by atoms with Crippen LogP contribution in [0.5, 0.6) is 5.75 Å². The topological polar surface area (TPSA) is 67.6 Å². The Labute approximate surface area is 118 Å². The molecule has 1 aliphatic carbocycles. The summed E-state index contributed by atoms with van der Waals surface area (Å²) >= 11 is 0. The lowest BCUT2D eigenvalue weighted by atomic mass is 10.2. The number of nitrogens with one attached hydrogen (secondary N) is 1. The van der Waals surface area contributed by atoms with Crippen LogP contribution < -0.4 is 10.1 Å². The number of anilines is 1. The quantitative estimate of drug-likeness (QED) is 0.585. The van der Waals surface area contributed by atoms with Gasteiger partial charge in [-0.1, -0.05) is 13.0 Å². The highest BCUT2D eigenvalue weighted by molar-refractivity contribution is 5.68. The number of nitrogens with zero attached hydrogens (tertiary/aromatic N) is 2. The number of methoxy groups -OCH3 is 1. The van der Waals surface area contributed by atoms with Crippen molar-refractivity contribution in [2.45, 2.75) is 25.8 Å². The van der Waals surface area contributed by atoms with Crippen LogP contribution in [-0.2, 0) is 0 Å². The lowest BCUT2D eigenvalue weighted by Crippen LogP contribution is -2.31. The number of ether oxygens (including phenoxy) is 1. The number of hydrogen-bond donors (Lipinski definition) is 1. The minimum Gasteiger partial charge on any atom is -0.490 e. The summed E-state index contributed by atoms with van der Waals surface area (Å²) in [6, 6.07) is 5.79. The molecule has 1 fully saturated rings. The van der Waals surface area contributed by atoms with Crippen molar-refractivity contribution in [2.75, 3.05) is 32.1 Å². The predicted molar refractivity (Wildman–Crippen MR) is 78.4 cm³/mol. The Kier molecular flexibility index (Phi) is 4.79. The van der Waals surface area contributed by atoms with Crippen molar-refractivity contribution >= 4 is 11.4 Å². The lowest BCUT2D eigenvalue weighted by Gasteiger charge is -2.20. The molecule has 1 aromatic carbocycles. The standard InChI is InChI=1S/C14H21N3O3/c1-3-16(11-7-8-11)10-9-15-12-5-4-6-13(20-2)14(12)17(18)19/h4-6,11,15H,3,7-10H2,1-2H3. The zero-order valence-corrected chi connectivity index (χ0v) is 12.0. The third-order valence-corrected chi connectivity index (χ3v) is 3.59. The number of nitro benzene ring substituents is 1. The van der Waals surface area contributed by atoms with E-state index in [1.807, 2.05) is 0 Å². The Morgan fingerprint density at radius 2 is 2.25 bits per heavy atom. The molecule has 1 aliphatic rings. The fourth-order valence-corrected chi connectivity index (χ4v) is 2.39. The van der Waals surface area contributed by atoms with Gasteiger partial charge < -0.3 is 10.1 Å². The molecule has 1 saturated carbocycles. The summed E-state index contributed by atoms with van der Waals surface area (Å²) in [5.74, 6) is 0.287. The van der Waals surface area contributed by atoms with Crippen molar-refractivity contribution in [2.24, 2.45) is 0 Å². The summed E-state index contributed by atoms with van der Waals surface area (Å²) in [6.07, 6.45) is 2.54. The molecular formula is C14H21N3O3. The molecule has 1 N–H and O–H groups in total. The Balaban J connectivity index is 1.99. The van der Waals surface area contributed by atoms with E-state index in [4.69, 9.17) is 4.74 Å². The molecule has 0 radical (unpaired) electrons. The highest BCUT2D eigenvalue weighted by Crippen LogP contribution is 2.34. The van der Waals surface area contributed by atoms with Crippen LogP contribution in [0.2, 0.25) is 0 Å². The van der Waals surface area contributed by atoms with Gasteiger partial charge in [0, 0.05) is 19.1 Å². The predicted octanol–water partition coefficient (Wildman–Crippen LogP) is 2.50. The van der Waals surface area contributed by atoms with Crippen molar-refractivity contribution in [1.29, 1.82) is 0 Å². The number of benzene rings is 1. The van der Waals surface area contributed by atoms with Crippen LogP contribution in [0.1, 0.15) is 19.8 Å². The van der Waals surface area contributed by atoms with Gasteiger partial charge in [0.15, 0.2) is 5.75 Å². The van der Waals surface area contributed by atoms with E-state index in [-0.39, 0.29) is 11.4 Å². The maximum atomic E-state index is 11.1. The van der Waals surface area contributed by atoms with Crippen molar-refractivity contribution < 1.29 is 9.66 Å². The molecule has 0 heterocycles. The zero-order valence-electron chi connectivity index (χ0n) is 12.0. The van der Waals surface area contributed by atoms with Crippen LogP contribution in [0.25, 0.3) is 0 Å². The summed E-state index contributed by atoms with van der Waals surface area (Å²) in [5.41, 5.74) is 0.519. The summed E-state index contributed by atoms with van der Waals surface area (Å²) in [4.78, 5) is 13.1. The van der Waals surface area contributed by atoms with Crippen LogP contribution in [0.4, 0.5) is 11.4 Å². The molecule has 1 aromatic rings. The highest BCUT2D eigenvalue weighted by Gasteiger charge is 2.27. The molecule has 110 valence electrons. The maximum absolute atomic E-state index is 11.1. The first kappa shape index (κ1) is 14.6. The van der Waals surface area contributed by atoms with Crippen molar-refractivity contribution in [3.8, 4) is 5.75 Å². The Bertz CT molecular complexity index is 475. The maximum Gasteiger partial charge on any atom is 0.333 e. The van der Waals surface area contributed by atoms with Crippen molar-refractivity contribution in [3.63, 3.8) is 0 Å². The molecule has 0 atom stereocenters. The van der Waals surface area contributed by atoms with E-state index in [0.29, 0.717) is 18.3 Å². The van der Waals surface area contributed by atoms with Gasteiger partial charge >= 0.3 is 5.69 Å². The van der Waals surface area contributed by atoms with E-state index in [2.05, 4.69) is 17.1 Å². The zero-order chi connectivity index (χ0) is 14.5. The SMILES string of the molecule is CCN(CCNc1cccc(OC)c1[N+](=O)[O-])C1CC1. The molecule has 0 bridgehead atoms. The van der Waals surface area contributed by atoms with Gasteiger partial charge in [0.25, 0.3) is 0 Å². The molecule has 0 spiro atoms. The van der Waals surface area contributed by atoms with E-state index >= 15 is 0 Å². The molecule has 0 amide bonds. The number of rotatable bonds is 8. The molecule has 0 saturated heterocycles. The third kappa shape index (κ3) is 3.39. The second-order valence-electron chi connectivity index (χ2n) is 4.90. The van der Waals surface area contributed by atoms with Gasteiger partial charge in [0.1, 0.15) is 5.69 Å². The van der Waals surface area contributed by atoms with Gasteiger partial charge in [0.2, 0.25) is 0 Å².